The van der Waals surface area contributed by atoms with Gasteiger partial charge in [0.05, 0.1) is 20.3 Å². The minimum Gasteiger partial charge on any atom is -0.493 e. The largest absolute Gasteiger partial charge is 0.493 e. The topological polar surface area (TPSA) is 69.5 Å². The van der Waals surface area contributed by atoms with Crippen LogP contribution in [0.25, 0.3) is 0 Å². The van der Waals surface area contributed by atoms with Crippen molar-refractivity contribution in [3.05, 3.63) is 35.4 Å². The zero-order valence-corrected chi connectivity index (χ0v) is 17.4. The van der Waals surface area contributed by atoms with Gasteiger partial charge >= 0.3 is 0 Å². The maximum atomic E-state index is 13.1. The van der Waals surface area contributed by atoms with Crippen molar-refractivity contribution in [3.63, 3.8) is 0 Å². The number of ether oxygens (including phenoxy) is 2. The summed E-state index contributed by atoms with van der Waals surface area (Å²) in [4.78, 5) is 15.1. The molecule has 0 radical (unpaired) electrons. The minimum absolute atomic E-state index is 0.0623. The quantitative estimate of drug-likeness (QED) is 0.747. The molecule has 7 heteroatoms. The van der Waals surface area contributed by atoms with Crippen LogP contribution in [0.1, 0.15) is 61.8 Å². The molecule has 0 spiro atoms. The molecule has 2 aromatic rings. The number of carbonyl (C=O) groups excluding carboxylic acids is 1. The van der Waals surface area contributed by atoms with Crippen LogP contribution in [0.5, 0.6) is 11.5 Å². The second-order valence-electron chi connectivity index (χ2n) is 7.87. The molecule has 1 unspecified atom stereocenters. The van der Waals surface area contributed by atoms with E-state index in [2.05, 4.69) is 14.8 Å². The van der Waals surface area contributed by atoms with Crippen LogP contribution >= 0.6 is 0 Å². The first-order valence-electron chi connectivity index (χ1n) is 10.6. The van der Waals surface area contributed by atoms with E-state index in [0.717, 1.165) is 56.0 Å². The van der Waals surface area contributed by atoms with Crippen LogP contribution in [0.3, 0.4) is 0 Å². The third kappa shape index (κ3) is 4.09. The van der Waals surface area contributed by atoms with E-state index in [1.165, 1.54) is 12.8 Å². The van der Waals surface area contributed by atoms with Gasteiger partial charge in [0.15, 0.2) is 17.3 Å². The van der Waals surface area contributed by atoms with E-state index in [-0.39, 0.29) is 11.9 Å². The van der Waals surface area contributed by atoms with Crippen LogP contribution in [-0.2, 0) is 24.2 Å². The highest BCUT2D eigenvalue weighted by Crippen LogP contribution is 2.33. The summed E-state index contributed by atoms with van der Waals surface area (Å²) in [5.74, 6) is 3.66. The molecule has 156 valence electrons. The molecule has 2 aliphatic heterocycles. The van der Waals surface area contributed by atoms with Gasteiger partial charge in [-0.15, -0.1) is 10.2 Å². The van der Waals surface area contributed by atoms with Crippen LogP contribution in [0.4, 0.5) is 0 Å². The first kappa shape index (κ1) is 19.7. The number of carbonyl (C=O) groups is 1. The van der Waals surface area contributed by atoms with Crippen LogP contribution in [0.2, 0.25) is 0 Å². The molecule has 0 saturated carbocycles. The molecule has 1 saturated heterocycles. The lowest BCUT2D eigenvalue weighted by atomic mass is 10.1. The first-order chi connectivity index (χ1) is 14.2. The van der Waals surface area contributed by atoms with Crippen LogP contribution < -0.4 is 9.47 Å². The number of rotatable bonds is 6. The molecule has 2 aliphatic rings. The number of hydrogen-bond acceptors (Lipinski definition) is 5. The lowest BCUT2D eigenvalue weighted by Crippen LogP contribution is -2.32. The fourth-order valence-corrected chi connectivity index (χ4v) is 4.52. The first-order valence-corrected chi connectivity index (χ1v) is 10.6. The smallest absolute Gasteiger partial charge is 0.223 e. The van der Waals surface area contributed by atoms with Crippen LogP contribution in [0, 0.1) is 0 Å². The fraction of sp³-hybridized carbons (Fsp3) is 0.591. The summed E-state index contributed by atoms with van der Waals surface area (Å²) in [5, 5.41) is 8.94. The third-order valence-corrected chi connectivity index (χ3v) is 6.08. The van der Waals surface area contributed by atoms with Gasteiger partial charge in [0.1, 0.15) is 5.82 Å². The Morgan fingerprint density at radius 1 is 1.07 bits per heavy atom. The Morgan fingerprint density at radius 2 is 1.93 bits per heavy atom. The molecule has 1 fully saturated rings. The van der Waals surface area contributed by atoms with E-state index in [4.69, 9.17) is 9.47 Å². The summed E-state index contributed by atoms with van der Waals surface area (Å²) in [6, 6.07) is 5.90. The number of methoxy groups -OCH3 is 2. The number of fused-ring (bicyclic) bond motifs is 1. The number of amides is 1. The monoisotopic (exact) mass is 398 g/mol. The van der Waals surface area contributed by atoms with Crippen molar-refractivity contribution in [1.29, 1.82) is 0 Å². The van der Waals surface area contributed by atoms with Crippen molar-refractivity contribution in [2.24, 2.45) is 0 Å². The molecule has 0 aliphatic carbocycles. The van der Waals surface area contributed by atoms with Gasteiger partial charge in [0.25, 0.3) is 0 Å². The van der Waals surface area contributed by atoms with Gasteiger partial charge in [-0.1, -0.05) is 12.5 Å². The van der Waals surface area contributed by atoms with Crippen LogP contribution in [-0.4, -0.2) is 46.3 Å². The maximum Gasteiger partial charge on any atom is 0.223 e. The molecule has 7 nitrogen and oxygen atoms in total. The second kappa shape index (κ2) is 8.84. The summed E-state index contributed by atoms with van der Waals surface area (Å²) in [6.07, 6.45) is 7.73. The minimum atomic E-state index is 0.0623. The fourth-order valence-electron chi connectivity index (χ4n) is 4.52. The van der Waals surface area contributed by atoms with E-state index in [0.29, 0.717) is 24.3 Å². The van der Waals surface area contributed by atoms with E-state index >= 15 is 0 Å². The zero-order chi connectivity index (χ0) is 20.2. The predicted octanol–water partition coefficient (Wildman–Crippen LogP) is 3.32. The molecule has 1 aromatic carbocycles. The van der Waals surface area contributed by atoms with Crippen molar-refractivity contribution >= 4 is 5.91 Å². The van der Waals surface area contributed by atoms with Crippen molar-refractivity contribution < 1.29 is 14.3 Å². The predicted molar refractivity (Wildman–Crippen MR) is 109 cm³/mol. The maximum absolute atomic E-state index is 13.1. The van der Waals surface area contributed by atoms with Gasteiger partial charge in [-0.2, -0.15) is 0 Å². The van der Waals surface area contributed by atoms with Gasteiger partial charge in [0, 0.05) is 25.9 Å². The summed E-state index contributed by atoms with van der Waals surface area (Å²) in [6.45, 7) is 1.78. The number of hydrogen-bond donors (Lipinski definition) is 0. The normalized spacial score (nSPS) is 19.0. The standard InChI is InChI=1S/C22H30N4O3/c1-28-18-11-9-16(15-19(18)29-2)10-12-21(27)25-14-6-7-17(25)22-24-23-20-8-4-3-5-13-26(20)22/h9,11,15,17H,3-8,10,12-14H2,1-2H3. The highest BCUT2D eigenvalue weighted by molar-refractivity contribution is 5.77. The van der Waals surface area contributed by atoms with Gasteiger partial charge in [-0.25, -0.2) is 0 Å². The number of nitrogens with zero attached hydrogens (tertiary/aromatic N) is 4. The van der Waals surface area contributed by atoms with E-state index in [1.54, 1.807) is 14.2 Å². The van der Waals surface area contributed by atoms with Crippen molar-refractivity contribution in [1.82, 2.24) is 19.7 Å². The van der Waals surface area contributed by atoms with Crippen molar-refractivity contribution in [2.75, 3.05) is 20.8 Å². The second-order valence-corrected chi connectivity index (χ2v) is 7.87. The zero-order valence-electron chi connectivity index (χ0n) is 17.4. The average molecular weight is 399 g/mol. The van der Waals surface area contributed by atoms with E-state index in [9.17, 15) is 4.79 Å². The van der Waals surface area contributed by atoms with Gasteiger partial charge in [-0.05, 0) is 49.8 Å². The Morgan fingerprint density at radius 3 is 2.76 bits per heavy atom. The van der Waals surface area contributed by atoms with Gasteiger partial charge in [-0.3, -0.25) is 4.79 Å². The molecule has 1 aromatic heterocycles. The lowest BCUT2D eigenvalue weighted by Gasteiger charge is -2.25. The number of benzene rings is 1. The molecule has 0 bridgehead atoms. The Hall–Kier alpha value is -2.57. The summed E-state index contributed by atoms with van der Waals surface area (Å²) in [5.41, 5.74) is 1.07. The molecular weight excluding hydrogens is 368 g/mol. The molecule has 3 heterocycles. The summed E-state index contributed by atoms with van der Waals surface area (Å²) >= 11 is 0. The molecule has 1 atom stereocenters. The van der Waals surface area contributed by atoms with Gasteiger partial charge in [0.2, 0.25) is 5.91 Å². The van der Waals surface area contributed by atoms with Crippen molar-refractivity contribution in [2.45, 2.75) is 64.0 Å². The van der Waals surface area contributed by atoms with Crippen molar-refractivity contribution in [3.8, 4) is 11.5 Å². The van der Waals surface area contributed by atoms with E-state index in [1.807, 2.05) is 23.1 Å². The molecule has 29 heavy (non-hydrogen) atoms. The third-order valence-electron chi connectivity index (χ3n) is 6.08. The van der Waals surface area contributed by atoms with Crippen LogP contribution in [0.15, 0.2) is 18.2 Å². The summed E-state index contributed by atoms with van der Waals surface area (Å²) in [7, 11) is 3.25. The molecule has 1 amide bonds. The Bertz CT molecular complexity index is 864. The highest BCUT2D eigenvalue weighted by atomic mass is 16.5. The lowest BCUT2D eigenvalue weighted by molar-refractivity contribution is -0.132. The summed E-state index contributed by atoms with van der Waals surface area (Å²) < 4.78 is 12.9. The van der Waals surface area contributed by atoms with E-state index < -0.39 is 0 Å². The highest BCUT2D eigenvalue weighted by Gasteiger charge is 2.34. The Kier molecular flexibility index (Phi) is 6.02. The SMILES string of the molecule is COc1ccc(CCC(=O)N2CCCC2c2nnc3n2CCCCC3)cc1OC. The number of likely N-dealkylation sites (tertiary alicyclic amines) is 1. The molecule has 4 rings (SSSR count). The average Bonchev–Trinajstić information content (AvgIpc) is 3.32. The van der Waals surface area contributed by atoms with Gasteiger partial charge < -0.3 is 18.9 Å². The Balaban J connectivity index is 1.44. The molecule has 0 N–H and O–H groups in total. The molecular formula is C22H30N4O3. The number of aromatic nitrogens is 3. The Labute approximate surface area is 172 Å². The number of aryl methyl sites for hydroxylation is 2.